The van der Waals surface area contributed by atoms with E-state index in [1.54, 1.807) is 0 Å². The third kappa shape index (κ3) is 4.06. The van der Waals surface area contributed by atoms with E-state index in [0.29, 0.717) is 6.04 Å². The topological polar surface area (TPSA) is 6.48 Å². The standard InChI is InChI=1S/C14H30N2/c1-5-10-16(13(3)4)12-14-9-7-8-11-15(14)6-2/h13-14H,5-12H2,1-4H3. The number of hydrogen-bond donors (Lipinski definition) is 0. The molecule has 0 radical (unpaired) electrons. The lowest BCUT2D eigenvalue weighted by molar-refractivity contribution is 0.0952. The van der Waals surface area contributed by atoms with Gasteiger partial charge < -0.3 is 0 Å². The highest BCUT2D eigenvalue weighted by Crippen LogP contribution is 2.18. The highest BCUT2D eigenvalue weighted by Gasteiger charge is 2.23. The van der Waals surface area contributed by atoms with Crippen molar-refractivity contribution in [2.24, 2.45) is 0 Å². The van der Waals surface area contributed by atoms with Crippen LogP contribution in [0.25, 0.3) is 0 Å². The summed E-state index contributed by atoms with van der Waals surface area (Å²) in [5.41, 5.74) is 0. The van der Waals surface area contributed by atoms with Gasteiger partial charge in [-0.05, 0) is 52.7 Å². The maximum Gasteiger partial charge on any atom is 0.0223 e. The van der Waals surface area contributed by atoms with Crippen molar-refractivity contribution in [3.63, 3.8) is 0 Å². The van der Waals surface area contributed by atoms with Crippen LogP contribution < -0.4 is 0 Å². The zero-order valence-electron chi connectivity index (χ0n) is 11.7. The number of rotatable bonds is 6. The van der Waals surface area contributed by atoms with Gasteiger partial charge in [-0.15, -0.1) is 0 Å². The summed E-state index contributed by atoms with van der Waals surface area (Å²) >= 11 is 0. The highest BCUT2D eigenvalue weighted by atomic mass is 15.2. The van der Waals surface area contributed by atoms with Gasteiger partial charge in [-0.25, -0.2) is 0 Å². The summed E-state index contributed by atoms with van der Waals surface area (Å²) in [5, 5.41) is 0. The van der Waals surface area contributed by atoms with E-state index in [0.717, 1.165) is 6.04 Å². The minimum atomic E-state index is 0.695. The molecule has 96 valence electrons. The monoisotopic (exact) mass is 226 g/mol. The van der Waals surface area contributed by atoms with Crippen molar-refractivity contribution in [1.29, 1.82) is 0 Å². The van der Waals surface area contributed by atoms with Crippen LogP contribution in [0.4, 0.5) is 0 Å². The van der Waals surface area contributed by atoms with E-state index < -0.39 is 0 Å². The predicted molar refractivity (Wildman–Crippen MR) is 71.9 cm³/mol. The van der Waals surface area contributed by atoms with Crippen molar-refractivity contribution >= 4 is 0 Å². The molecule has 2 nitrogen and oxygen atoms in total. The molecule has 0 N–H and O–H groups in total. The lowest BCUT2D eigenvalue weighted by Crippen LogP contribution is -2.48. The average molecular weight is 226 g/mol. The van der Waals surface area contributed by atoms with Gasteiger partial charge in [0.1, 0.15) is 0 Å². The first-order valence-electron chi connectivity index (χ1n) is 7.17. The molecule has 16 heavy (non-hydrogen) atoms. The van der Waals surface area contributed by atoms with Crippen LogP contribution in [0.1, 0.15) is 53.4 Å². The summed E-state index contributed by atoms with van der Waals surface area (Å²) < 4.78 is 0. The van der Waals surface area contributed by atoms with Crippen molar-refractivity contribution in [1.82, 2.24) is 9.80 Å². The molecule has 1 aliphatic rings. The highest BCUT2D eigenvalue weighted by molar-refractivity contribution is 4.80. The number of piperidine rings is 1. The number of nitrogens with zero attached hydrogens (tertiary/aromatic N) is 2. The van der Waals surface area contributed by atoms with Crippen LogP contribution in [0.15, 0.2) is 0 Å². The lowest BCUT2D eigenvalue weighted by Gasteiger charge is -2.39. The molecule has 0 aromatic heterocycles. The van der Waals surface area contributed by atoms with Gasteiger partial charge in [-0.1, -0.05) is 20.3 Å². The van der Waals surface area contributed by atoms with Crippen molar-refractivity contribution in [2.45, 2.75) is 65.5 Å². The number of likely N-dealkylation sites (tertiary alicyclic amines) is 1. The molecule has 1 fully saturated rings. The van der Waals surface area contributed by atoms with Crippen molar-refractivity contribution in [3.05, 3.63) is 0 Å². The molecular formula is C14H30N2. The second-order valence-electron chi connectivity index (χ2n) is 5.37. The van der Waals surface area contributed by atoms with E-state index in [4.69, 9.17) is 0 Å². The fourth-order valence-corrected chi connectivity index (χ4v) is 2.80. The fraction of sp³-hybridized carbons (Fsp3) is 1.00. The van der Waals surface area contributed by atoms with Gasteiger partial charge in [0.15, 0.2) is 0 Å². The molecule has 2 heteroatoms. The van der Waals surface area contributed by atoms with Gasteiger partial charge in [0.2, 0.25) is 0 Å². The number of likely N-dealkylation sites (N-methyl/N-ethyl adjacent to an activating group) is 1. The zero-order chi connectivity index (χ0) is 12.0. The molecule has 0 aliphatic carbocycles. The third-order valence-electron chi connectivity index (χ3n) is 3.84. The first-order valence-corrected chi connectivity index (χ1v) is 7.17. The molecule has 1 unspecified atom stereocenters. The molecule has 0 saturated carbocycles. The molecule has 0 amide bonds. The van der Waals surface area contributed by atoms with E-state index in [1.807, 2.05) is 0 Å². The Kier molecular flexibility index (Phi) is 6.37. The summed E-state index contributed by atoms with van der Waals surface area (Å²) in [4.78, 5) is 5.33. The van der Waals surface area contributed by atoms with Crippen molar-refractivity contribution in [2.75, 3.05) is 26.2 Å². The molecule has 0 spiro atoms. The van der Waals surface area contributed by atoms with E-state index in [9.17, 15) is 0 Å². The Labute approximate surface area is 102 Å². The summed E-state index contributed by atoms with van der Waals surface area (Å²) in [5.74, 6) is 0. The van der Waals surface area contributed by atoms with Gasteiger partial charge >= 0.3 is 0 Å². The van der Waals surface area contributed by atoms with Crippen LogP contribution in [0.2, 0.25) is 0 Å². The van der Waals surface area contributed by atoms with Crippen LogP contribution in [0.3, 0.4) is 0 Å². The lowest BCUT2D eigenvalue weighted by atomic mass is 10.0. The Hall–Kier alpha value is -0.0800. The largest absolute Gasteiger partial charge is 0.299 e. The van der Waals surface area contributed by atoms with Gasteiger partial charge in [-0.3, -0.25) is 9.80 Å². The van der Waals surface area contributed by atoms with Crippen LogP contribution >= 0.6 is 0 Å². The van der Waals surface area contributed by atoms with Crippen molar-refractivity contribution < 1.29 is 0 Å². The number of hydrogen-bond acceptors (Lipinski definition) is 2. The summed E-state index contributed by atoms with van der Waals surface area (Å²) in [6.45, 7) is 14.3. The van der Waals surface area contributed by atoms with Gasteiger partial charge in [0, 0.05) is 18.6 Å². The molecule has 1 atom stereocenters. The quantitative estimate of drug-likeness (QED) is 0.687. The Morgan fingerprint density at radius 2 is 2.00 bits per heavy atom. The Morgan fingerprint density at radius 3 is 2.56 bits per heavy atom. The predicted octanol–water partition coefficient (Wildman–Crippen LogP) is 2.98. The molecule has 1 aliphatic heterocycles. The van der Waals surface area contributed by atoms with Gasteiger partial charge in [0.05, 0.1) is 0 Å². The zero-order valence-corrected chi connectivity index (χ0v) is 11.7. The third-order valence-corrected chi connectivity index (χ3v) is 3.84. The van der Waals surface area contributed by atoms with Crippen LogP contribution in [-0.2, 0) is 0 Å². The van der Waals surface area contributed by atoms with Crippen LogP contribution in [-0.4, -0.2) is 48.1 Å². The minimum absolute atomic E-state index is 0.695. The van der Waals surface area contributed by atoms with E-state index in [2.05, 4.69) is 37.5 Å². The van der Waals surface area contributed by atoms with Crippen molar-refractivity contribution in [3.8, 4) is 0 Å². The first kappa shape index (κ1) is 14.0. The summed E-state index contributed by atoms with van der Waals surface area (Å²) in [7, 11) is 0. The molecule has 1 heterocycles. The summed E-state index contributed by atoms with van der Waals surface area (Å²) in [6.07, 6.45) is 5.51. The molecular weight excluding hydrogens is 196 g/mol. The van der Waals surface area contributed by atoms with Crippen LogP contribution in [0, 0.1) is 0 Å². The first-order chi connectivity index (χ1) is 7.69. The molecule has 0 aromatic carbocycles. The minimum Gasteiger partial charge on any atom is -0.299 e. The molecule has 0 aromatic rings. The maximum atomic E-state index is 2.68. The van der Waals surface area contributed by atoms with E-state index in [-0.39, 0.29) is 0 Å². The maximum absolute atomic E-state index is 2.68. The second-order valence-corrected chi connectivity index (χ2v) is 5.37. The van der Waals surface area contributed by atoms with E-state index >= 15 is 0 Å². The SMILES string of the molecule is CCCN(CC1CCCCN1CC)C(C)C. The Bertz CT molecular complexity index is 180. The molecule has 1 saturated heterocycles. The van der Waals surface area contributed by atoms with E-state index in [1.165, 1.54) is 51.9 Å². The van der Waals surface area contributed by atoms with Gasteiger partial charge in [-0.2, -0.15) is 0 Å². The van der Waals surface area contributed by atoms with Crippen LogP contribution in [0.5, 0.6) is 0 Å². The summed E-state index contributed by atoms with van der Waals surface area (Å²) in [6, 6.07) is 1.51. The van der Waals surface area contributed by atoms with Gasteiger partial charge in [0.25, 0.3) is 0 Å². The average Bonchev–Trinajstić information content (AvgIpc) is 2.29. The Morgan fingerprint density at radius 1 is 1.25 bits per heavy atom. The fourth-order valence-electron chi connectivity index (χ4n) is 2.80. The molecule has 0 bridgehead atoms. The normalized spacial score (nSPS) is 23.2. The molecule has 1 rings (SSSR count). The second kappa shape index (κ2) is 7.29. The smallest absolute Gasteiger partial charge is 0.0223 e. The Balaban J connectivity index is 2.47.